The Morgan fingerprint density at radius 2 is 1.62 bits per heavy atom. The lowest BCUT2D eigenvalue weighted by molar-refractivity contribution is 0.0945. The second-order valence-electron chi connectivity index (χ2n) is 6.29. The fraction of sp³-hybridized carbons (Fsp3) is 0.190. The molecule has 3 rings (SSSR count). The molecular weight excluding hydrogens is 324 g/mol. The van der Waals surface area contributed by atoms with Crippen molar-refractivity contribution in [1.29, 1.82) is 0 Å². The molecule has 0 aliphatic heterocycles. The molecule has 1 aromatic heterocycles. The molecule has 0 atom stereocenters. The monoisotopic (exact) mass is 346 g/mol. The van der Waals surface area contributed by atoms with E-state index in [-0.39, 0.29) is 5.91 Å². The average molecular weight is 346 g/mol. The predicted molar refractivity (Wildman–Crippen MR) is 104 cm³/mol. The number of anilines is 2. The number of nitrogens with zero attached hydrogens (tertiary/aromatic N) is 2. The van der Waals surface area contributed by atoms with Crippen LogP contribution in [0.3, 0.4) is 0 Å². The van der Waals surface area contributed by atoms with Crippen molar-refractivity contribution >= 4 is 17.4 Å². The Hall–Kier alpha value is -3.21. The van der Waals surface area contributed by atoms with E-state index in [9.17, 15) is 4.79 Å². The summed E-state index contributed by atoms with van der Waals surface area (Å²) in [7, 11) is 0. The smallest absolute Gasteiger partial charge is 0.270 e. The Morgan fingerprint density at radius 1 is 0.923 bits per heavy atom. The number of benzene rings is 2. The third-order valence-corrected chi connectivity index (χ3v) is 4.33. The van der Waals surface area contributed by atoms with E-state index in [1.165, 1.54) is 6.33 Å². The Kier molecular flexibility index (Phi) is 5.27. The highest BCUT2D eigenvalue weighted by molar-refractivity contribution is 5.93. The van der Waals surface area contributed by atoms with Gasteiger partial charge in [0, 0.05) is 18.3 Å². The summed E-state index contributed by atoms with van der Waals surface area (Å²) < 4.78 is 0. The lowest BCUT2D eigenvalue weighted by Gasteiger charge is -2.12. The Labute approximate surface area is 153 Å². The van der Waals surface area contributed by atoms with Crippen molar-refractivity contribution in [1.82, 2.24) is 15.3 Å². The quantitative estimate of drug-likeness (QED) is 0.731. The van der Waals surface area contributed by atoms with Crippen molar-refractivity contribution in [2.24, 2.45) is 0 Å². The van der Waals surface area contributed by atoms with Crippen LogP contribution in [0.5, 0.6) is 0 Å². The van der Waals surface area contributed by atoms with Crippen molar-refractivity contribution in [2.75, 3.05) is 5.32 Å². The number of hydrogen-bond acceptors (Lipinski definition) is 4. The molecule has 0 saturated heterocycles. The molecule has 132 valence electrons. The highest BCUT2D eigenvalue weighted by atomic mass is 16.1. The SMILES string of the molecule is Cc1ccccc1CNC(=O)c1cc(Nc2c(C)cccc2C)ncn1. The Morgan fingerprint density at radius 3 is 2.35 bits per heavy atom. The van der Waals surface area contributed by atoms with E-state index in [0.29, 0.717) is 18.1 Å². The number of amides is 1. The zero-order valence-electron chi connectivity index (χ0n) is 15.2. The molecule has 26 heavy (non-hydrogen) atoms. The van der Waals surface area contributed by atoms with Gasteiger partial charge in [0.25, 0.3) is 5.91 Å². The van der Waals surface area contributed by atoms with E-state index in [0.717, 1.165) is 27.9 Å². The van der Waals surface area contributed by atoms with E-state index in [1.54, 1.807) is 6.07 Å². The zero-order chi connectivity index (χ0) is 18.5. The molecule has 0 saturated carbocycles. The van der Waals surface area contributed by atoms with Gasteiger partial charge in [-0.3, -0.25) is 4.79 Å². The summed E-state index contributed by atoms with van der Waals surface area (Å²) in [6, 6.07) is 15.7. The first kappa shape index (κ1) is 17.6. The van der Waals surface area contributed by atoms with Gasteiger partial charge in [-0.05, 0) is 43.0 Å². The molecule has 0 spiro atoms. The summed E-state index contributed by atoms with van der Waals surface area (Å²) in [6.45, 7) is 6.56. The summed E-state index contributed by atoms with van der Waals surface area (Å²) in [6.07, 6.45) is 1.40. The molecule has 1 heterocycles. The fourth-order valence-electron chi connectivity index (χ4n) is 2.76. The molecule has 0 unspecified atom stereocenters. The molecule has 0 aliphatic carbocycles. The van der Waals surface area contributed by atoms with E-state index in [1.807, 2.05) is 63.2 Å². The maximum absolute atomic E-state index is 12.4. The molecule has 2 N–H and O–H groups in total. The number of carbonyl (C=O) groups excluding carboxylic acids is 1. The maximum Gasteiger partial charge on any atom is 0.270 e. The second kappa shape index (κ2) is 7.78. The van der Waals surface area contributed by atoms with Crippen LogP contribution >= 0.6 is 0 Å². The third-order valence-electron chi connectivity index (χ3n) is 4.33. The molecule has 5 nitrogen and oxygen atoms in total. The van der Waals surface area contributed by atoms with Crippen LogP contribution in [-0.2, 0) is 6.54 Å². The molecular formula is C21H22N4O. The maximum atomic E-state index is 12.4. The van der Waals surface area contributed by atoms with Crippen molar-refractivity contribution in [3.05, 3.63) is 82.8 Å². The first-order chi connectivity index (χ1) is 12.5. The zero-order valence-corrected chi connectivity index (χ0v) is 15.2. The van der Waals surface area contributed by atoms with E-state index in [2.05, 4.69) is 20.6 Å². The van der Waals surface area contributed by atoms with Crippen molar-refractivity contribution in [3.8, 4) is 0 Å². The first-order valence-electron chi connectivity index (χ1n) is 8.52. The first-order valence-corrected chi connectivity index (χ1v) is 8.52. The topological polar surface area (TPSA) is 66.9 Å². The van der Waals surface area contributed by atoms with Crippen LogP contribution in [0.4, 0.5) is 11.5 Å². The number of para-hydroxylation sites is 1. The molecule has 5 heteroatoms. The highest BCUT2D eigenvalue weighted by Crippen LogP contribution is 2.23. The Balaban J connectivity index is 1.72. The van der Waals surface area contributed by atoms with Crippen LogP contribution in [0.2, 0.25) is 0 Å². The number of hydrogen-bond donors (Lipinski definition) is 2. The molecule has 0 bridgehead atoms. The molecule has 0 radical (unpaired) electrons. The fourth-order valence-corrected chi connectivity index (χ4v) is 2.76. The van der Waals surface area contributed by atoms with E-state index < -0.39 is 0 Å². The van der Waals surface area contributed by atoms with Crippen molar-refractivity contribution < 1.29 is 4.79 Å². The van der Waals surface area contributed by atoms with Gasteiger partial charge < -0.3 is 10.6 Å². The van der Waals surface area contributed by atoms with Crippen LogP contribution < -0.4 is 10.6 Å². The molecule has 0 fully saturated rings. The van der Waals surface area contributed by atoms with Gasteiger partial charge in [-0.1, -0.05) is 42.5 Å². The number of aromatic nitrogens is 2. The van der Waals surface area contributed by atoms with Gasteiger partial charge in [0.1, 0.15) is 17.8 Å². The summed E-state index contributed by atoms with van der Waals surface area (Å²) >= 11 is 0. The van der Waals surface area contributed by atoms with Crippen molar-refractivity contribution in [3.63, 3.8) is 0 Å². The van der Waals surface area contributed by atoms with Gasteiger partial charge in [0.05, 0.1) is 0 Å². The summed E-state index contributed by atoms with van der Waals surface area (Å²) in [4.78, 5) is 20.8. The van der Waals surface area contributed by atoms with Gasteiger partial charge >= 0.3 is 0 Å². The van der Waals surface area contributed by atoms with Crippen LogP contribution in [-0.4, -0.2) is 15.9 Å². The highest BCUT2D eigenvalue weighted by Gasteiger charge is 2.10. The second-order valence-corrected chi connectivity index (χ2v) is 6.29. The predicted octanol–water partition coefficient (Wildman–Crippen LogP) is 4.08. The molecule has 0 aliphatic rings. The Bertz CT molecular complexity index is 917. The number of carbonyl (C=O) groups is 1. The van der Waals surface area contributed by atoms with Gasteiger partial charge in [-0.25, -0.2) is 9.97 Å². The minimum Gasteiger partial charge on any atom is -0.347 e. The summed E-state index contributed by atoms with van der Waals surface area (Å²) in [5.41, 5.74) is 5.81. The number of nitrogens with one attached hydrogen (secondary N) is 2. The van der Waals surface area contributed by atoms with E-state index >= 15 is 0 Å². The minimum absolute atomic E-state index is 0.222. The lowest BCUT2D eigenvalue weighted by Crippen LogP contribution is -2.24. The molecule has 2 aromatic carbocycles. The number of rotatable bonds is 5. The van der Waals surface area contributed by atoms with Gasteiger partial charge in [-0.15, -0.1) is 0 Å². The molecule has 1 amide bonds. The van der Waals surface area contributed by atoms with Gasteiger partial charge in [0.2, 0.25) is 0 Å². The standard InChI is InChI=1S/C21H22N4O/c1-14-7-4-5-10-17(14)12-22-21(26)18-11-19(24-13-23-18)25-20-15(2)8-6-9-16(20)3/h4-11,13H,12H2,1-3H3,(H,22,26)(H,23,24,25). The molecule has 3 aromatic rings. The third kappa shape index (κ3) is 4.06. The van der Waals surface area contributed by atoms with Crippen LogP contribution in [0, 0.1) is 20.8 Å². The van der Waals surface area contributed by atoms with Gasteiger partial charge in [0.15, 0.2) is 0 Å². The van der Waals surface area contributed by atoms with Crippen LogP contribution in [0.1, 0.15) is 32.7 Å². The average Bonchev–Trinajstić information content (AvgIpc) is 2.64. The largest absolute Gasteiger partial charge is 0.347 e. The van der Waals surface area contributed by atoms with Crippen molar-refractivity contribution in [2.45, 2.75) is 27.3 Å². The van der Waals surface area contributed by atoms with Crippen LogP contribution in [0.25, 0.3) is 0 Å². The van der Waals surface area contributed by atoms with Crippen LogP contribution in [0.15, 0.2) is 54.9 Å². The minimum atomic E-state index is -0.222. The number of aryl methyl sites for hydroxylation is 3. The lowest BCUT2D eigenvalue weighted by atomic mass is 10.1. The summed E-state index contributed by atoms with van der Waals surface area (Å²) in [5, 5.41) is 6.20. The normalized spacial score (nSPS) is 10.4. The summed E-state index contributed by atoms with van der Waals surface area (Å²) in [5.74, 6) is 0.374. The van der Waals surface area contributed by atoms with Gasteiger partial charge in [-0.2, -0.15) is 0 Å². The van der Waals surface area contributed by atoms with E-state index in [4.69, 9.17) is 0 Å².